The van der Waals surface area contributed by atoms with E-state index in [-0.39, 0.29) is 13.2 Å². The molecule has 1 aromatic heterocycles. The van der Waals surface area contributed by atoms with Crippen LogP contribution in [-0.4, -0.2) is 38.0 Å². The lowest BCUT2D eigenvalue weighted by Crippen LogP contribution is -2.25. The van der Waals surface area contributed by atoms with Crippen LogP contribution < -0.4 is 4.74 Å². The Bertz CT molecular complexity index is 804. The summed E-state index contributed by atoms with van der Waals surface area (Å²) in [6, 6.07) is 14.8. The third-order valence-corrected chi connectivity index (χ3v) is 3.61. The fraction of sp³-hybridized carbons (Fsp3) is 0.235. The fourth-order valence-corrected chi connectivity index (χ4v) is 2.30. The molecule has 0 radical (unpaired) electrons. The monoisotopic (exact) mass is 344 g/mol. The molecule has 1 atom stereocenters. The minimum atomic E-state index is -0.738. The molecule has 0 amide bonds. The lowest BCUT2D eigenvalue weighted by molar-refractivity contribution is 0.0849. The summed E-state index contributed by atoms with van der Waals surface area (Å²) in [7, 11) is 0. The Morgan fingerprint density at radius 2 is 2.00 bits per heavy atom. The van der Waals surface area contributed by atoms with Crippen LogP contribution in [0.5, 0.6) is 5.75 Å². The van der Waals surface area contributed by atoms with Gasteiger partial charge in [-0.05, 0) is 54.1 Å². The van der Waals surface area contributed by atoms with Gasteiger partial charge in [0.15, 0.2) is 0 Å². The van der Waals surface area contributed by atoms with Crippen molar-refractivity contribution < 1.29 is 9.84 Å². The number of benzene rings is 2. The number of halogens is 1. The summed E-state index contributed by atoms with van der Waals surface area (Å²) in [5, 5.41) is 22.9. The second-order valence-corrected chi connectivity index (χ2v) is 5.89. The maximum Gasteiger partial charge on any atom is 0.204 e. The molecule has 2 aromatic carbocycles. The average molecular weight is 345 g/mol. The molecule has 1 heterocycles. The van der Waals surface area contributed by atoms with Gasteiger partial charge >= 0.3 is 0 Å². The van der Waals surface area contributed by atoms with Gasteiger partial charge in [0.25, 0.3) is 0 Å². The normalized spacial score (nSPS) is 12.1. The van der Waals surface area contributed by atoms with Crippen LogP contribution in [0.2, 0.25) is 5.02 Å². The minimum absolute atomic E-state index is 0.154. The van der Waals surface area contributed by atoms with Crippen LogP contribution >= 0.6 is 11.6 Å². The van der Waals surface area contributed by atoms with Gasteiger partial charge in [-0.2, -0.15) is 4.80 Å². The number of aromatic nitrogens is 4. The Kier molecular flexibility index (Phi) is 5.08. The zero-order valence-electron chi connectivity index (χ0n) is 13.1. The Morgan fingerprint density at radius 3 is 2.75 bits per heavy atom. The molecule has 1 N–H and O–H groups in total. The van der Waals surface area contributed by atoms with E-state index in [0.29, 0.717) is 10.8 Å². The van der Waals surface area contributed by atoms with E-state index in [9.17, 15) is 5.11 Å². The average Bonchev–Trinajstić information content (AvgIpc) is 3.02. The van der Waals surface area contributed by atoms with Crippen molar-refractivity contribution in [3.05, 3.63) is 59.1 Å². The summed E-state index contributed by atoms with van der Waals surface area (Å²) >= 11 is 5.86. The maximum absolute atomic E-state index is 10.1. The molecule has 0 saturated heterocycles. The summed E-state index contributed by atoms with van der Waals surface area (Å²) in [6.45, 7) is 2.34. The van der Waals surface area contributed by atoms with E-state index in [1.165, 1.54) is 4.80 Å². The highest BCUT2D eigenvalue weighted by molar-refractivity contribution is 6.30. The minimum Gasteiger partial charge on any atom is -0.491 e. The number of tetrazole rings is 1. The van der Waals surface area contributed by atoms with E-state index < -0.39 is 6.10 Å². The molecule has 1 unspecified atom stereocenters. The predicted octanol–water partition coefficient (Wildman–Crippen LogP) is 2.74. The summed E-state index contributed by atoms with van der Waals surface area (Å²) in [6.07, 6.45) is -0.738. The van der Waals surface area contributed by atoms with Gasteiger partial charge in [0.1, 0.15) is 18.5 Å². The Labute approximate surface area is 144 Å². The number of ether oxygens (including phenoxy) is 1. The van der Waals surface area contributed by atoms with Gasteiger partial charge in [0.05, 0.1) is 6.54 Å². The van der Waals surface area contributed by atoms with Gasteiger partial charge in [0.2, 0.25) is 5.82 Å². The molecule has 0 aliphatic rings. The molecule has 3 rings (SSSR count). The molecule has 0 aliphatic heterocycles. The maximum atomic E-state index is 10.1. The standard InChI is InChI=1S/C17H17ClN4O2/c1-12-3-2-4-16(9-12)24-11-15(23)10-22-20-17(19-21-22)13-5-7-14(18)8-6-13/h2-9,15,23H,10-11H2,1H3. The van der Waals surface area contributed by atoms with Crippen molar-refractivity contribution in [1.82, 2.24) is 20.2 Å². The second-order valence-electron chi connectivity index (χ2n) is 5.46. The van der Waals surface area contributed by atoms with Crippen molar-refractivity contribution in [2.75, 3.05) is 6.61 Å². The van der Waals surface area contributed by atoms with Crippen molar-refractivity contribution in [3.8, 4) is 17.1 Å². The van der Waals surface area contributed by atoms with Gasteiger partial charge in [0, 0.05) is 10.6 Å². The number of nitrogens with zero attached hydrogens (tertiary/aromatic N) is 4. The number of aliphatic hydroxyl groups excluding tert-OH is 1. The molecule has 0 fully saturated rings. The molecule has 0 spiro atoms. The highest BCUT2D eigenvalue weighted by Crippen LogP contribution is 2.17. The van der Waals surface area contributed by atoms with Gasteiger partial charge in [-0.15, -0.1) is 10.2 Å². The van der Waals surface area contributed by atoms with Crippen molar-refractivity contribution in [1.29, 1.82) is 0 Å². The van der Waals surface area contributed by atoms with Crippen LogP contribution in [0.4, 0.5) is 0 Å². The van der Waals surface area contributed by atoms with Gasteiger partial charge < -0.3 is 9.84 Å². The second kappa shape index (κ2) is 7.42. The largest absolute Gasteiger partial charge is 0.491 e. The SMILES string of the molecule is Cc1cccc(OCC(O)Cn2nnc(-c3ccc(Cl)cc3)n2)c1. The van der Waals surface area contributed by atoms with Gasteiger partial charge in [-0.3, -0.25) is 0 Å². The van der Waals surface area contributed by atoms with E-state index in [2.05, 4.69) is 15.4 Å². The highest BCUT2D eigenvalue weighted by Gasteiger charge is 2.11. The van der Waals surface area contributed by atoms with Crippen LogP contribution in [0, 0.1) is 6.92 Å². The predicted molar refractivity (Wildman–Crippen MR) is 90.9 cm³/mol. The lowest BCUT2D eigenvalue weighted by atomic mass is 10.2. The first-order valence-corrected chi connectivity index (χ1v) is 7.89. The van der Waals surface area contributed by atoms with Crippen LogP contribution in [0.1, 0.15) is 5.56 Å². The van der Waals surface area contributed by atoms with Crippen LogP contribution in [0.15, 0.2) is 48.5 Å². The first kappa shape index (κ1) is 16.4. The van der Waals surface area contributed by atoms with Crippen molar-refractivity contribution >= 4 is 11.6 Å². The molecular formula is C17H17ClN4O2. The summed E-state index contributed by atoms with van der Waals surface area (Å²) < 4.78 is 5.57. The Hall–Kier alpha value is -2.44. The number of rotatable bonds is 6. The summed E-state index contributed by atoms with van der Waals surface area (Å²) in [4.78, 5) is 1.36. The highest BCUT2D eigenvalue weighted by atomic mass is 35.5. The molecule has 3 aromatic rings. The van der Waals surface area contributed by atoms with E-state index in [0.717, 1.165) is 16.9 Å². The van der Waals surface area contributed by atoms with Crippen molar-refractivity contribution in [3.63, 3.8) is 0 Å². The molecule has 24 heavy (non-hydrogen) atoms. The smallest absolute Gasteiger partial charge is 0.204 e. The van der Waals surface area contributed by atoms with Crippen molar-refractivity contribution in [2.45, 2.75) is 19.6 Å². The molecule has 6 nitrogen and oxygen atoms in total. The number of aliphatic hydroxyl groups is 1. The molecular weight excluding hydrogens is 328 g/mol. The van der Waals surface area contributed by atoms with Gasteiger partial charge in [-0.1, -0.05) is 23.7 Å². The van der Waals surface area contributed by atoms with E-state index in [1.54, 1.807) is 12.1 Å². The van der Waals surface area contributed by atoms with E-state index >= 15 is 0 Å². The number of hydrogen-bond donors (Lipinski definition) is 1. The topological polar surface area (TPSA) is 73.1 Å². The third-order valence-electron chi connectivity index (χ3n) is 3.36. The van der Waals surface area contributed by atoms with Gasteiger partial charge in [-0.25, -0.2) is 0 Å². The summed E-state index contributed by atoms with van der Waals surface area (Å²) in [5.74, 6) is 1.21. The van der Waals surface area contributed by atoms with E-state index in [4.69, 9.17) is 16.3 Å². The zero-order chi connectivity index (χ0) is 16.9. The molecule has 0 bridgehead atoms. The molecule has 0 aliphatic carbocycles. The zero-order valence-corrected chi connectivity index (χ0v) is 13.9. The van der Waals surface area contributed by atoms with Crippen LogP contribution in [0.25, 0.3) is 11.4 Å². The van der Waals surface area contributed by atoms with Crippen LogP contribution in [-0.2, 0) is 6.54 Å². The van der Waals surface area contributed by atoms with Crippen molar-refractivity contribution in [2.24, 2.45) is 0 Å². The number of hydrogen-bond acceptors (Lipinski definition) is 5. The Balaban J connectivity index is 1.57. The van der Waals surface area contributed by atoms with Crippen LogP contribution in [0.3, 0.4) is 0 Å². The first-order chi connectivity index (χ1) is 11.6. The lowest BCUT2D eigenvalue weighted by Gasteiger charge is -2.11. The Morgan fingerprint density at radius 1 is 1.21 bits per heavy atom. The fourth-order valence-electron chi connectivity index (χ4n) is 2.17. The molecule has 7 heteroatoms. The first-order valence-electron chi connectivity index (χ1n) is 7.51. The molecule has 124 valence electrons. The molecule has 0 saturated carbocycles. The quantitative estimate of drug-likeness (QED) is 0.744. The number of aryl methyl sites for hydroxylation is 1. The third kappa shape index (κ3) is 4.31. The summed E-state index contributed by atoms with van der Waals surface area (Å²) in [5.41, 5.74) is 1.92. The van der Waals surface area contributed by atoms with E-state index in [1.807, 2.05) is 43.3 Å².